The van der Waals surface area contributed by atoms with Gasteiger partial charge in [-0.3, -0.25) is 0 Å². The standard InChI is InChI=1S/C15H15F3N2/c1-3-5-13(20-14(4-2)15(16,17)18)12-8-6-11(10-19)7-9-12/h4,6-9H,3,5H2,1-2H3/b14-4-,20-13?. The van der Waals surface area contributed by atoms with E-state index in [-0.39, 0.29) is 0 Å². The molecule has 1 aromatic carbocycles. The summed E-state index contributed by atoms with van der Waals surface area (Å²) in [6.07, 6.45) is -2.37. The second-order valence-corrected chi connectivity index (χ2v) is 4.17. The van der Waals surface area contributed by atoms with Gasteiger partial charge in [0.2, 0.25) is 0 Å². The molecule has 0 saturated heterocycles. The second-order valence-electron chi connectivity index (χ2n) is 4.17. The minimum atomic E-state index is -4.46. The van der Waals surface area contributed by atoms with Gasteiger partial charge in [0, 0.05) is 5.71 Å². The van der Waals surface area contributed by atoms with Crippen molar-refractivity contribution < 1.29 is 13.2 Å². The van der Waals surface area contributed by atoms with Crippen molar-refractivity contribution >= 4 is 5.71 Å². The van der Waals surface area contributed by atoms with Gasteiger partial charge in [-0.1, -0.05) is 31.6 Å². The molecule has 2 nitrogen and oxygen atoms in total. The van der Waals surface area contributed by atoms with Crippen LogP contribution in [0.25, 0.3) is 0 Å². The number of nitrogens with zero attached hydrogens (tertiary/aromatic N) is 2. The van der Waals surface area contributed by atoms with E-state index in [4.69, 9.17) is 5.26 Å². The van der Waals surface area contributed by atoms with Crippen LogP contribution >= 0.6 is 0 Å². The lowest BCUT2D eigenvalue weighted by atomic mass is 10.0. The number of benzene rings is 1. The van der Waals surface area contributed by atoms with Crippen molar-refractivity contribution in [1.82, 2.24) is 0 Å². The van der Waals surface area contributed by atoms with Gasteiger partial charge in [0.1, 0.15) is 5.70 Å². The van der Waals surface area contributed by atoms with Crippen LogP contribution in [0, 0.1) is 11.3 Å². The molecule has 0 amide bonds. The molecule has 106 valence electrons. The van der Waals surface area contributed by atoms with Crippen LogP contribution in [0.1, 0.15) is 37.8 Å². The first-order valence-corrected chi connectivity index (χ1v) is 6.24. The van der Waals surface area contributed by atoms with E-state index in [1.54, 1.807) is 24.3 Å². The Morgan fingerprint density at radius 3 is 2.30 bits per heavy atom. The van der Waals surface area contributed by atoms with Gasteiger partial charge in [-0.15, -0.1) is 0 Å². The van der Waals surface area contributed by atoms with Crippen molar-refractivity contribution in [2.24, 2.45) is 4.99 Å². The van der Waals surface area contributed by atoms with Crippen molar-refractivity contribution in [2.75, 3.05) is 0 Å². The predicted molar refractivity (Wildman–Crippen MR) is 72.4 cm³/mol. The van der Waals surface area contributed by atoms with Crippen molar-refractivity contribution in [3.8, 4) is 6.07 Å². The van der Waals surface area contributed by atoms with E-state index < -0.39 is 11.9 Å². The summed E-state index contributed by atoms with van der Waals surface area (Å²) in [5.74, 6) is 0. The zero-order valence-electron chi connectivity index (χ0n) is 11.3. The summed E-state index contributed by atoms with van der Waals surface area (Å²) >= 11 is 0. The monoisotopic (exact) mass is 280 g/mol. The number of nitriles is 1. The van der Waals surface area contributed by atoms with E-state index in [1.165, 1.54) is 6.92 Å². The first kappa shape index (κ1) is 16.0. The Bertz CT molecular complexity index is 546. The molecule has 0 aliphatic carbocycles. The van der Waals surface area contributed by atoms with Crippen molar-refractivity contribution in [3.05, 3.63) is 47.2 Å². The fourth-order valence-corrected chi connectivity index (χ4v) is 1.68. The largest absolute Gasteiger partial charge is 0.433 e. The number of rotatable bonds is 4. The average molecular weight is 280 g/mol. The van der Waals surface area contributed by atoms with Gasteiger partial charge in [0.25, 0.3) is 0 Å². The molecule has 0 unspecified atom stereocenters. The third-order valence-corrected chi connectivity index (χ3v) is 2.65. The van der Waals surface area contributed by atoms with Crippen LogP contribution < -0.4 is 0 Å². The van der Waals surface area contributed by atoms with Crippen molar-refractivity contribution in [1.29, 1.82) is 5.26 Å². The fourth-order valence-electron chi connectivity index (χ4n) is 1.68. The summed E-state index contributed by atoms with van der Waals surface area (Å²) in [7, 11) is 0. The average Bonchev–Trinajstić information content (AvgIpc) is 2.42. The van der Waals surface area contributed by atoms with E-state index in [0.717, 1.165) is 6.08 Å². The molecule has 0 fully saturated rings. The summed E-state index contributed by atoms with van der Waals surface area (Å²) < 4.78 is 38.2. The summed E-state index contributed by atoms with van der Waals surface area (Å²) in [5, 5.41) is 8.72. The lowest BCUT2D eigenvalue weighted by molar-refractivity contribution is -0.0924. The van der Waals surface area contributed by atoms with Gasteiger partial charge < -0.3 is 0 Å². The Morgan fingerprint density at radius 2 is 1.90 bits per heavy atom. The molecule has 5 heteroatoms. The van der Waals surface area contributed by atoms with E-state index in [0.29, 0.717) is 29.7 Å². The van der Waals surface area contributed by atoms with Gasteiger partial charge in [0.05, 0.1) is 11.6 Å². The van der Waals surface area contributed by atoms with E-state index >= 15 is 0 Å². The molecule has 1 aromatic rings. The number of hydrogen-bond donors (Lipinski definition) is 0. The molecule has 0 aromatic heterocycles. The Hall–Kier alpha value is -2.09. The maximum atomic E-state index is 12.7. The van der Waals surface area contributed by atoms with Crippen LogP contribution in [-0.4, -0.2) is 11.9 Å². The minimum absolute atomic E-state index is 0.377. The highest BCUT2D eigenvalue weighted by molar-refractivity contribution is 6.01. The van der Waals surface area contributed by atoms with Crippen LogP contribution in [0.2, 0.25) is 0 Å². The molecule has 20 heavy (non-hydrogen) atoms. The molecular formula is C15H15F3N2. The minimum Gasteiger partial charge on any atom is -0.248 e. The van der Waals surface area contributed by atoms with Crippen molar-refractivity contribution in [2.45, 2.75) is 32.9 Å². The van der Waals surface area contributed by atoms with E-state index in [2.05, 4.69) is 4.99 Å². The zero-order chi connectivity index (χ0) is 15.2. The molecule has 0 saturated carbocycles. The van der Waals surface area contributed by atoms with Gasteiger partial charge in [-0.05, 0) is 31.0 Å². The quantitative estimate of drug-likeness (QED) is 0.742. The lowest BCUT2D eigenvalue weighted by Gasteiger charge is -2.10. The van der Waals surface area contributed by atoms with Crippen LogP contribution in [-0.2, 0) is 0 Å². The third-order valence-electron chi connectivity index (χ3n) is 2.65. The third kappa shape index (κ3) is 4.23. The van der Waals surface area contributed by atoms with Gasteiger partial charge in [-0.2, -0.15) is 18.4 Å². The number of halogens is 3. The number of hydrogen-bond acceptors (Lipinski definition) is 2. The van der Waals surface area contributed by atoms with Gasteiger partial charge in [0.15, 0.2) is 0 Å². The van der Waals surface area contributed by atoms with Gasteiger partial charge in [-0.25, -0.2) is 4.99 Å². The first-order chi connectivity index (χ1) is 9.42. The molecule has 0 radical (unpaired) electrons. The predicted octanol–water partition coefficient (Wildman–Crippen LogP) is 4.61. The highest BCUT2D eigenvalue weighted by Gasteiger charge is 2.33. The number of alkyl halides is 3. The second kappa shape index (κ2) is 6.90. The molecule has 0 bridgehead atoms. The Balaban J connectivity index is 3.19. The SMILES string of the molecule is C/C=C(\N=C(CCC)c1ccc(C#N)cc1)C(F)(F)F. The highest BCUT2D eigenvalue weighted by Crippen LogP contribution is 2.27. The summed E-state index contributed by atoms with van der Waals surface area (Å²) in [6, 6.07) is 8.36. The maximum Gasteiger partial charge on any atom is 0.433 e. The summed E-state index contributed by atoms with van der Waals surface area (Å²) in [4.78, 5) is 3.75. The van der Waals surface area contributed by atoms with Crippen molar-refractivity contribution in [3.63, 3.8) is 0 Å². The van der Waals surface area contributed by atoms with Crippen LogP contribution in [0.5, 0.6) is 0 Å². The van der Waals surface area contributed by atoms with Crippen LogP contribution in [0.15, 0.2) is 41.0 Å². The maximum absolute atomic E-state index is 12.7. The Labute approximate surface area is 116 Å². The van der Waals surface area contributed by atoms with E-state index in [1.807, 2.05) is 13.0 Å². The molecule has 0 aliphatic heterocycles. The number of allylic oxidation sites excluding steroid dienone is 2. The molecule has 0 heterocycles. The topological polar surface area (TPSA) is 36.1 Å². The smallest absolute Gasteiger partial charge is 0.248 e. The lowest BCUT2D eigenvalue weighted by Crippen LogP contribution is -2.13. The molecule has 0 atom stereocenters. The van der Waals surface area contributed by atoms with Crippen LogP contribution in [0.3, 0.4) is 0 Å². The zero-order valence-corrected chi connectivity index (χ0v) is 11.3. The summed E-state index contributed by atoms with van der Waals surface area (Å²) in [5.41, 5.74) is 0.550. The van der Waals surface area contributed by atoms with E-state index in [9.17, 15) is 13.2 Å². The van der Waals surface area contributed by atoms with Gasteiger partial charge >= 0.3 is 6.18 Å². The molecule has 0 aliphatic rings. The molecule has 0 spiro atoms. The normalized spacial score (nSPS) is 13.2. The Kier molecular flexibility index (Phi) is 5.51. The molecule has 0 N–H and O–H groups in total. The highest BCUT2D eigenvalue weighted by atomic mass is 19.4. The summed E-state index contributed by atoms with van der Waals surface area (Å²) in [6.45, 7) is 3.19. The fraction of sp³-hybridized carbons (Fsp3) is 0.333. The molecular weight excluding hydrogens is 265 g/mol. The number of aliphatic imine (C=N–C) groups is 1. The van der Waals surface area contributed by atoms with Crippen LogP contribution in [0.4, 0.5) is 13.2 Å². The Morgan fingerprint density at radius 1 is 1.30 bits per heavy atom. The first-order valence-electron chi connectivity index (χ1n) is 6.24. The molecule has 1 rings (SSSR count).